The number of imide groups is 1. The molecule has 0 spiro atoms. The van der Waals surface area contributed by atoms with Crippen LogP contribution in [-0.2, 0) is 14.6 Å². The molecule has 1 aromatic carbocycles. The van der Waals surface area contributed by atoms with Gasteiger partial charge in [-0.1, -0.05) is 6.07 Å². The predicted octanol–water partition coefficient (Wildman–Crippen LogP) is -0.506. The summed E-state index contributed by atoms with van der Waals surface area (Å²) in [5.74, 6) is -2.62. The molecule has 1 saturated heterocycles. The SMILES string of the molecule is O=C(CN1C(=O)c2cccc([N+](=O)[O-])c2C1=O)NC1CCS(=O)(=O)C1. The number of nitrogens with one attached hydrogen (secondary N) is 1. The summed E-state index contributed by atoms with van der Waals surface area (Å²) in [6.45, 7) is -0.625. The predicted molar refractivity (Wildman–Crippen MR) is 83.7 cm³/mol. The van der Waals surface area contributed by atoms with Gasteiger partial charge in [0.05, 0.1) is 22.0 Å². The standard InChI is InChI=1S/C14H13N3O7S/c18-11(15-8-4-5-25(23,24)7-8)6-16-13(19)9-2-1-3-10(17(21)22)12(9)14(16)20/h1-3,8H,4-7H2,(H,15,18). The second-order valence-electron chi connectivity index (χ2n) is 5.82. The Labute approximate surface area is 141 Å². The maximum Gasteiger partial charge on any atom is 0.282 e. The molecule has 2 aliphatic rings. The molecule has 1 aromatic rings. The first-order valence-corrected chi connectivity index (χ1v) is 9.15. The van der Waals surface area contributed by atoms with E-state index in [1.54, 1.807) is 0 Å². The molecule has 25 heavy (non-hydrogen) atoms. The Bertz CT molecular complexity index is 909. The van der Waals surface area contributed by atoms with E-state index in [4.69, 9.17) is 0 Å². The number of nitrogens with zero attached hydrogens (tertiary/aromatic N) is 2. The van der Waals surface area contributed by atoms with E-state index in [9.17, 15) is 32.9 Å². The van der Waals surface area contributed by atoms with Crippen LogP contribution >= 0.6 is 0 Å². The molecule has 10 nitrogen and oxygen atoms in total. The molecule has 2 heterocycles. The molecular weight excluding hydrogens is 354 g/mol. The second kappa shape index (κ2) is 5.92. The largest absolute Gasteiger partial charge is 0.351 e. The highest BCUT2D eigenvalue weighted by Crippen LogP contribution is 2.30. The van der Waals surface area contributed by atoms with E-state index in [0.29, 0.717) is 4.90 Å². The molecule has 1 N–H and O–H groups in total. The molecule has 0 aliphatic carbocycles. The highest BCUT2D eigenvalue weighted by molar-refractivity contribution is 7.91. The molecule has 1 atom stereocenters. The van der Waals surface area contributed by atoms with E-state index < -0.39 is 50.8 Å². The monoisotopic (exact) mass is 367 g/mol. The van der Waals surface area contributed by atoms with Crippen molar-refractivity contribution in [3.63, 3.8) is 0 Å². The van der Waals surface area contributed by atoms with E-state index in [2.05, 4.69) is 5.32 Å². The topological polar surface area (TPSA) is 144 Å². The van der Waals surface area contributed by atoms with Crippen molar-refractivity contribution in [1.29, 1.82) is 0 Å². The van der Waals surface area contributed by atoms with Gasteiger partial charge in [0.2, 0.25) is 5.91 Å². The van der Waals surface area contributed by atoms with Crippen LogP contribution in [0.3, 0.4) is 0 Å². The Morgan fingerprint density at radius 2 is 2.04 bits per heavy atom. The molecule has 2 aliphatic heterocycles. The maximum absolute atomic E-state index is 12.3. The number of nitro groups is 1. The van der Waals surface area contributed by atoms with Gasteiger partial charge in [0.25, 0.3) is 17.5 Å². The third kappa shape index (κ3) is 3.09. The number of carbonyl (C=O) groups is 3. The second-order valence-corrected chi connectivity index (χ2v) is 8.05. The fourth-order valence-corrected chi connectivity index (χ4v) is 4.61. The lowest BCUT2D eigenvalue weighted by Gasteiger charge is -2.16. The van der Waals surface area contributed by atoms with E-state index in [1.165, 1.54) is 12.1 Å². The zero-order valence-electron chi connectivity index (χ0n) is 12.8. The van der Waals surface area contributed by atoms with Crippen LogP contribution in [-0.4, -0.2) is 60.1 Å². The Kier molecular flexibility index (Phi) is 4.03. The molecule has 3 amide bonds. The number of fused-ring (bicyclic) bond motifs is 1. The van der Waals surface area contributed by atoms with Crippen molar-refractivity contribution >= 4 is 33.2 Å². The van der Waals surface area contributed by atoms with Crippen molar-refractivity contribution in [2.24, 2.45) is 0 Å². The number of hydrogen-bond donors (Lipinski definition) is 1. The van der Waals surface area contributed by atoms with Crippen molar-refractivity contribution in [1.82, 2.24) is 10.2 Å². The first kappa shape index (κ1) is 17.0. The van der Waals surface area contributed by atoms with Crippen LogP contribution in [0, 0.1) is 10.1 Å². The Morgan fingerprint density at radius 3 is 2.64 bits per heavy atom. The Balaban J connectivity index is 1.75. The number of amides is 3. The van der Waals surface area contributed by atoms with Gasteiger partial charge in [-0.2, -0.15) is 0 Å². The Hall–Kier alpha value is -2.82. The summed E-state index contributed by atoms with van der Waals surface area (Å²) in [7, 11) is -3.19. The van der Waals surface area contributed by atoms with Crippen molar-refractivity contribution < 1.29 is 27.7 Å². The average Bonchev–Trinajstić information content (AvgIpc) is 2.99. The van der Waals surface area contributed by atoms with Gasteiger partial charge >= 0.3 is 0 Å². The van der Waals surface area contributed by atoms with Crippen molar-refractivity contribution in [2.45, 2.75) is 12.5 Å². The minimum absolute atomic E-state index is 0.0306. The summed E-state index contributed by atoms with van der Waals surface area (Å²) >= 11 is 0. The van der Waals surface area contributed by atoms with E-state index in [1.807, 2.05) is 0 Å². The summed E-state index contributed by atoms with van der Waals surface area (Å²) in [6.07, 6.45) is 0.266. The third-order valence-electron chi connectivity index (χ3n) is 4.07. The van der Waals surface area contributed by atoms with Gasteiger partial charge in [-0.05, 0) is 12.5 Å². The van der Waals surface area contributed by atoms with Gasteiger partial charge in [0, 0.05) is 12.1 Å². The molecule has 11 heteroatoms. The molecule has 0 bridgehead atoms. The fourth-order valence-electron chi connectivity index (χ4n) is 2.94. The molecule has 1 fully saturated rings. The molecule has 0 saturated carbocycles. The van der Waals surface area contributed by atoms with Crippen LogP contribution < -0.4 is 5.32 Å². The third-order valence-corrected chi connectivity index (χ3v) is 5.84. The van der Waals surface area contributed by atoms with Gasteiger partial charge in [0.1, 0.15) is 12.1 Å². The minimum Gasteiger partial charge on any atom is -0.351 e. The van der Waals surface area contributed by atoms with Crippen LogP contribution in [0.2, 0.25) is 0 Å². The first-order valence-electron chi connectivity index (χ1n) is 7.33. The summed E-state index contributed by atoms with van der Waals surface area (Å²) < 4.78 is 22.8. The minimum atomic E-state index is -3.19. The van der Waals surface area contributed by atoms with Crippen molar-refractivity contribution in [3.8, 4) is 0 Å². The maximum atomic E-state index is 12.3. The zero-order valence-corrected chi connectivity index (χ0v) is 13.6. The number of hydrogen-bond acceptors (Lipinski definition) is 7. The van der Waals surface area contributed by atoms with Gasteiger partial charge in [0.15, 0.2) is 9.84 Å². The van der Waals surface area contributed by atoms with E-state index in [0.717, 1.165) is 6.07 Å². The Morgan fingerprint density at radius 1 is 1.32 bits per heavy atom. The van der Waals surface area contributed by atoms with Gasteiger partial charge < -0.3 is 5.32 Å². The lowest BCUT2D eigenvalue weighted by Crippen LogP contribution is -2.44. The molecule has 0 aromatic heterocycles. The van der Waals surface area contributed by atoms with E-state index in [-0.39, 0.29) is 29.1 Å². The zero-order chi connectivity index (χ0) is 18.4. The molecule has 132 valence electrons. The average molecular weight is 367 g/mol. The normalized spacial score (nSPS) is 21.3. The highest BCUT2D eigenvalue weighted by Gasteiger charge is 2.42. The van der Waals surface area contributed by atoms with Crippen LogP contribution in [0.4, 0.5) is 5.69 Å². The van der Waals surface area contributed by atoms with Crippen LogP contribution in [0.5, 0.6) is 0 Å². The number of sulfone groups is 1. The summed E-state index contributed by atoms with van der Waals surface area (Å²) in [6, 6.07) is 3.11. The molecule has 3 rings (SSSR count). The number of rotatable bonds is 4. The molecule has 1 unspecified atom stereocenters. The summed E-state index contributed by atoms with van der Waals surface area (Å²) in [5.41, 5.74) is -0.968. The highest BCUT2D eigenvalue weighted by atomic mass is 32.2. The quantitative estimate of drug-likeness (QED) is 0.429. The smallest absolute Gasteiger partial charge is 0.282 e. The van der Waals surface area contributed by atoms with Crippen LogP contribution in [0.15, 0.2) is 18.2 Å². The molecular formula is C14H13N3O7S. The van der Waals surface area contributed by atoms with Crippen LogP contribution in [0.1, 0.15) is 27.1 Å². The summed E-state index contributed by atoms with van der Waals surface area (Å²) in [5, 5.41) is 13.5. The number of carbonyl (C=O) groups excluding carboxylic acids is 3. The lowest BCUT2D eigenvalue weighted by atomic mass is 10.1. The van der Waals surface area contributed by atoms with Crippen LogP contribution in [0.25, 0.3) is 0 Å². The van der Waals surface area contributed by atoms with Gasteiger partial charge in [-0.25, -0.2) is 8.42 Å². The summed E-state index contributed by atoms with van der Waals surface area (Å²) in [4.78, 5) is 47.5. The fraction of sp³-hybridized carbons (Fsp3) is 0.357. The van der Waals surface area contributed by atoms with Gasteiger partial charge in [-0.15, -0.1) is 0 Å². The van der Waals surface area contributed by atoms with Gasteiger partial charge in [-0.3, -0.25) is 29.4 Å². The molecule has 0 radical (unpaired) electrons. The van der Waals surface area contributed by atoms with Crippen molar-refractivity contribution in [2.75, 3.05) is 18.1 Å². The lowest BCUT2D eigenvalue weighted by molar-refractivity contribution is -0.385. The van der Waals surface area contributed by atoms with Crippen molar-refractivity contribution in [3.05, 3.63) is 39.4 Å². The number of nitro benzene ring substituents is 1. The first-order chi connectivity index (χ1) is 11.7. The number of benzene rings is 1. The van der Waals surface area contributed by atoms with E-state index >= 15 is 0 Å².